The quantitative estimate of drug-likeness (QED) is 0.468. The Morgan fingerprint density at radius 3 is 2.43 bits per heavy atom. The number of hydrogen-bond donors (Lipinski definition) is 1. The Bertz CT molecular complexity index is 1040. The van der Waals surface area contributed by atoms with E-state index >= 15 is 0 Å². The van der Waals surface area contributed by atoms with Crippen molar-refractivity contribution in [2.75, 3.05) is 12.4 Å². The van der Waals surface area contributed by atoms with Gasteiger partial charge in [0, 0.05) is 29.7 Å². The Morgan fingerprint density at radius 2 is 1.77 bits per heavy atom. The van der Waals surface area contributed by atoms with Crippen LogP contribution >= 0.6 is 0 Å². The van der Waals surface area contributed by atoms with Crippen LogP contribution in [0.15, 0.2) is 73.1 Å². The van der Waals surface area contributed by atoms with E-state index in [2.05, 4.69) is 10.3 Å². The number of amides is 1. The number of carbonyl (C=O) groups is 2. The lowest BCUT2D eigenvalue weighted by atomic mass is 10.1. The summed E-state index contributed by atoms with van der Waals surface area (Å²) >= 11 is 0. The molecule has 1 N–H and O–H groups in total. The van der Waals surface area contributed by atoms with Crippen LogP contribution in [0, 0.1) is 6.92 Å². The van der Waals surface area contributed by atoms with Crippen molar-refractivity contribution in [2.45, 2.75) is 13.5 Å². The highest BCUT2D eigenvalue weighted by Gasteiger charge is 2.07. The number of nitrogens with one attached hydrogen (secondary N) is 1. The Balaban J connectivity index is 1.51. The minimum absolute atomic E-state index is 0.121. The normalized spacial score (nSPS) is 10.6. The number of methoxy groups -OCH3 is 1. The fraction of sp³-hybridized carbons (Fsp3) is 0.125. The van der Waals surface area contributed by atoms with E-state index in [1.165, 1.54) is 6.08 Å². The van der Waals surface area contributed by atoms with Gasteiger partial charge in [0.15, 0.2) is 0 Å². The predicted molar refractivity (Wildman–Crippen MR) is 115 cm³/mol. The van der Waals surface area contributed by atoms with E-state index in [-0.39, 0.29) is 12.5 Å². The standard InChI is InChI=1S/C24H22N2O4/c1-17-13-14-25-15-20(17)7-12-23(27)30-16-18-3-5-19(6-4-18)24(28)26-21-8-10-22(29-2)11-9-21/h3-15H,16H2,1-2H3,(H,26,28)/b12-7+. The van der Waals surface area contributed by atoms with Crippen molar-refractivity contribution >= 4 is 23.6 Å². The van der Waals surface area contributed by atoms with Crippen LogP contribution in [0.1, 0.15) is 27.0 Å². The SMILES string of the molecule is COc1ccc(NC(=O)c2ccc(COC(=O)/C=C/c3cnccc3C)cc2)cc1. The molecule has 1 amide bonds. The Labute approximate surface area is 175 Å². The largest absolute Gasteiger partial charge is 0.497 e. The van der Waals surface area contributed by atoms with E-state index in [1.54, 1.807) is 74.1 Å². The number of aryl methyl sites for hydroxylation is 1. The first-order chi connectivity index (χ1) is 14.5. The number of carbonyl (C=O) groups excluding carboxylic acids is 2. The molecule has 3 aromatic rings. The van der Waals surface area contributed by atoms with E-state index in [0.29, 0.717) is 11.3 Å². The molecular formula is C24H22N2O4. The van der Waals surface area contributed by atoms with E-state index < -0.39 is 5.97 Å². The first-order valence-corrected chi connectivity index (χ1v) is 9.35. The molecule has 3 rings (SSSR count). The molecule has 0 radical (unpaired) electrons. The highest BCUT2D eigenvalue weighted by atomic mass is 16.5. The molecule has 6 heteroatoms. The monoisotopic (exact) mass is 402 g/mol. The van der Waals surface area contributed by atoms with Crippen molar-refractivity contribution < 1.29 is 19.1 Å². The molecule has 0 atom stereocenters. The van der Waals surface area contributed by atoms with Gasteiger partial charge >= 0.3 is 5.97 Å². The molecule has 0 aliphatic carbocycles. The number of benzene rings is 2. The molecule has 0 aliphatic heterocycles. The number of esters is 1. The maximum Gasteiger partial charge on any atom is 0.331 e. The second-order valence-electron chi connectivity index (χ2n) is 6.55. The Hall–Kier alpha value is -3.93. The van der Waals surface area contributed by atoms with Gasteiger partial charge in [-0.05, 0) is 72.2 Å². The van der Waals surface area contributed by atoms with Crippen LogP contribution in [-0.4, -0.2) is 24.0 Å². The topological polar surface area (TPSA) is 77.5 Å². The van der Waals surface area contributed by atoms with Crippen LogP contribution in [-0.2, 0) is 16.1 Å². The smallest absolute Gasteiger partial charge is 0.331 e. The van der Waals surface area contributed by atoms with Gasteiger partial charge in [-0.1, -0.05) is 12.1 Å². The predicted octanol–water partition coefficient (Wildman–Crippen LogP) is 4.41. The van der Waals surface area contributed by atoms with Gasteiger partial charge < -0.3 is 14.8 Å². The van der Waals surface area contributed by atoms with Gasteiger partial charge in [0.2, 0.25) is 0 Å². The highest BCUT2D eigenvalue weighted by molar-refractivity contribution is 6.04. The van der Waals surface area contributed by atoms with Gasteiger partial charge in [-0.3, -0.25) is 9.78 Å². The van der Waals surface area contributed by atoms with E-state index in [0.717, 1.165) is 22.4 Å². The Kier molecular flexibility index (Phi) is 6.95. The molecule has 0 unspecified atom stereocenters. The fourth-order valence-electron chi connectivity index (χ4n) is 2.64. The number of nitrogens with zero attached hydrogens (tertiary/aromatic N) is 1. The number of rotatable bonds is 7. The molecule has 0 bridgehead atoms. The van der Waals surface area contributed by atoms with E-state index in [4.69, 9.17) is 9.47 Å². The third-order valence-corrected chi connectivity index (χ3v) is 4.42. The summed E-state index contributed by atoms with van der Waals surface area (Å²) in [6, 6.07) is 15.9. The first-order valence-electron chi connectivity index (χ1n) is 9.35. The summed E-state index contributed by atoms with van der Waals surface area (Å²) in [5.74, 6) is 0.0513. The minimum Gasteiger partial charge on any atom is -0.497 e. The zero-order valence-electron chi connectivity index (χ0n) is 16.8. The molecule has 0 fully saturated rings. The van der Waals surface area contributed by atoms with Gasteiger partial charge in [-0.2, -0.15) is 0 Å². The average Bonchev–Trinajstić information content (AvgIpc) is 2.78. The van der Waals surface area contributed by atoms with Crippen molar-refractivity contribution in [1.29, 1.82) is 0 Å². The summed E-state index contributed by atoms with van der Waals surface area (Å²) < 4.78 is 10.3. The summed E-state index contributed by atoms with van der Waals surface area (Å²) in [6.45, 7) is 2.06. The van der Waals surface area contributed by atoms with Crippen LogP contribution in [0.5, 0.6) is 5.75 Å². The maximum absolute atomic E-state index is 12.4. The fourth-order valence-corrected chi connectivity index (χ4v) is 2.64. The Morgan fingerprint density at radius 1 is 1.03 bits per heavy atom. The summed E-state index contributed by atoms with van der Waals surface area (Å²) in [5, 5.41) is 2.82. The number of ether oxygens (including phenoxy) is 2. The van der Waals surface area contributed by atoms with Crippen molar-refractivity contribution in [3.05, 3.63) is 95.3 Å². The van der Waals surface area contributed by atoms with Crippen LogP contribution in [0.3, 0.4) is 0 Å². The second kappa shape index (κ2) is 10.0. The molecule has 152 valence electrons. The highest BCUT2D eigenvalue weighted by Crippen LogP contribution is 2.16. The van der Waals surface area contributed by atoms with Crippen LogP contribution in [0.4, 0.5) is 5.69 Å². The number of pyridine rings is 1. The van der Waals surface area contributed by atoms with Crippen molar-refractivity contribution in [2.24, 2.45) is 0 Å². The third-order valence-electron chi connectivity index (χ3n) is 4.42. The molecule has 6 nitrogen and oxygen atoms in total. The molecule has 0 aliphatic rings. The number of anilines is 1. The molecule has 0 spiro atoms. The lowest BCUT2D eigenvalue weighted by molar-refractivity contribution is -0.138. The van der Waals surface area contributed by atoms with Crippen LogP contribution in [0.25, 0.3) is 6.08 Å². The van der Waals surface area contributed by atoms with Crippen molar-refractivity contribution in [3.8, 4) is 5.75 Å². The first kappa shape index (κ1) is 20.8. The average molecular weight is 402 g/mol. The van der Waals surface area contributed by atoms with Crippen LogP contribution < -0.4 is 10.1 Å². The lowest BCUT2D eigenvalue weighted by Gasteiger charge is -2.07. The van der Waals surface area contributed by atoms with Crippen LogP contribution in [0.2, 0.25) is 0 Å². The molecule has 0 saturated carbocycles. The third kappa shape index (κ3) is 5.78. The second-order valence-corrected chi connectivity index (χ2v) is 6.55. The zero-order chi connectivity index (χ0) is 21.3. The lowest BCUT2D eigenvalue weighted by Crippen LogP contribution is -2.11. The summed E-state index contributed by atoms with van der Waals surface area (Å²) in [6.07, 6.45) is 6.44. The maximum atomic E-state index is 12.4. The molecule has 30 heavy (non-hydrogen) atoms. The zero-order valence-corrected chi connectivity index (χ0v) is 16.8. The molecular weight excluding hydrogens is 380 g/mol. The number of aromatic nitrogens is 1. The molecule has 2 aromatic carbocycles. The van der Waals surface area contributed by atoms with E-state index in [9.17, 15) is 9.59 Å². The number of hydrogen-bond acceptors (Lipinski definition) is 5. The summed E-state index contributed by atoms with van der Waals surface area (Å²) in [5.41, 5.74) is 3.86. The molecule has 1 aromatic heterocycles. The summed E-state index contributed by atoms with van der Waals surface area (Å²) in [4.78, 5) is 28.3. The van der Waals surface area contributed by atoms with Crippen molar-refractivity contribution in [3.63, 3.8) is 0 Å². The van der Waals surface area contributed by atoms with E-state index in [1.807, 2.05) is 13.0 Å². The molecule has 0 saturated heterocycles. The van der Waals surface area contributed by atoms with Gasteiger partial charge in [0.25, 0.3) is 5.91 Å². The summed E-state index contributed by atoms with van der Waals surface area (Å²) in [7, 11) is 1.59. The minimum atomic E-state index is -0.445. The van der Waals surface area contributed by atoms with Crippen molar-refractivity contribution in [1.82, 2.24) is 4.98 Å². The van der Waals surface area contributed by atoms with Gasteiger partial charge in [-0.25, -0.2) is 4.79 Å². The van der Waals surface area contributed by atoms with Gasteiger partial charge in [-0.15, -0.1) is 0 Å². The molecule has 1 heterocycles. The van der Waals surface area contributed by atoms with Gasteiger partial charge in [0.1, 0.15) is 12.4 Å². The van der Waals surface area contributed by atoms with Gasteiger partial charge in [0.05, 0.1) is 7.11 Å².